The Labute approximate surface area is 98.8 Å². The van der Waals surface area contributed by atoms with Crippen molar-refractivity contribution in [2.45, 2.75) is 5.16 Å². The number of hydrogen-bond donors (Lipinski definition) is 1. The van der Waals surface area contributed by atoms with E-state index in [1.807, 2.05) is 24.3 Å². The number of rotatable bonds is 3. The second kappa shape index (κ2) is 4.31. The van der Waals surface area contributed by atoms with Crippen LogP contribution in [0.4, 0.5) is 0 Å². The van der Waals surface area contributed by atoms with Gasteiger partial charge in [0.15, 0.2) is 5.16 Å². The van der Waals surface area contributed by atoms with Crippen LogP contribution in [0.3, 0.4) is 0 Å². The Kier molecular flexibility index (Phi) is 3.07. The number of hydrogen-bond acceptors (Lipinski definition) is 3. The van der Waals surface area contributed by atoms with E-state index in [-0.39, 0.29) is 3.79 Å². The van der Waals surface area contributed by atoms with Gasteiger partial charge in [-0.1, -0.05) is 23.9 Å². The Hall–Kier alpha value is -0.560. The molecule has 0 saturated carbocycles. The highest BCUT2D eigenvalue weighted by Crippen LogP contribution is 2.19. The van der Waals surface area contributed by atoms with E-state index < -0.39 is 0 Å². The van der Waals surface area contributed by atoms with Crippen molar-refractivity contribution in [3.05, 3.63) is 24.3 Å². The Morgan fingerprint density at radius 2 is 2.29 bits per heavy atom. The van der Waals surface area contributed by atoms with Gasteiger partial charge >= 0.3 is 0 Å². The minimum absolute atomic E-state index is 0.132. The second-order valence-corrected chi connectivity index (χ2v) is 4.87. The molecule has 0 aliphatic heterocycles. The van der Waals surface area contributed by atoms with E-state index in [1.165, 1.54) is 11.8 Å². The molecule has 5 heteroatoms. The van der Waals surface area contributed by atoms with Gasteiger partial charge in [-0.25, -0.2) is 4.98 Å². The Morgan fingerprint density at radius 3 is 3.00 bits per heavy atom. The van der Waals surface area contributed by atoms with Gasteiger partial charge < -0.3 is 4.98 Å². The van der Waals surface area contributed by atoms with Crippen molar-refractivity contribution in [2.24, 2.45) is 0 Å². The zero-order chi connectivity index (χ0) is 9.97. The van der Waals surface area contributed by atoms with Crippen LogP contribution < -0.4 is 0 Å². The monoisotopic (exact) mass is 318 g/mol. The maximum atomic E-state index is 10.8. The molecule has 0 bridgehead atoms. The predicted molar refractivity (Wildman–Crippen MR) is 65.8 cm³/mol. The molecule has 0 aliphatic carbocycles. The number of nitrogens with zero attached hydrogens (tertiary/aromatic N) is 1. The smallest absolute Gasteiger partial charge is 0.202 e. The van der Waals surface area contributed by atoms with Crippen LogP contribution in [0.2, 0.25) is 0 Å². The molecule has 1 heterocycles. The first-order chi connectivity index (χ1) is 6.75. The fourth-order valence-electron chi connectivity index (χ4n) is 1.12. The van der Waals surface area contributed by atoms with E-state index >= 15 is 0 Å². The summed E-state index contributed by atoms with van der Waals surface area (Å²) in [6.07, 6.45) is 0. The number of aromatic nitrogens is 2. The molecule has 2 rings (SSSR count). The summed E-state index contributed by atoms with van der Waals surface area (Å²) in [5.41, 5.74) is 1.95. The van der Waals surface area contributed by atoms with Gasteiger partial charge in [0.2, 0.25) is 3.79 Å². The summed E-state index contributed by atoms with van der Waals surface area (Å²) in [5.74, 6) is 0.459. The van der Waals surface area contributed by atoms with Crippen LogP contribution in [0.5, 0.6) is 0 Å². The molecular formula is C9H7IN2OS. The lowest BCUT2D eigenvalue weighted by Crippen LogP contribution is -1.88. The number of fused-ring (bicyclic) bond motifs is 1. The van der Waals surface area contributed by atoms with E-state index in [4.69, 9.17) is 0 Å². The van der Waals surface area contributed by atoms with Gasteiger partial charge in [0.1, 0.15) is 0 Å². The Morgan fingerprint density at radius 1 is 1.50 bits per heavy atom. The van der Waals surface area contributed by atoms with Crippen molar-refractivity contribution in [3.63, 3.8) is 0 Å². The van der Waals surface area contributed by atoms with E-state index in [0.717, 1.165) is 16.2 Å². The van der Waals surface area contributed by atoms with Gasteiger partial charge in [-0.15, -0.1) is 0 Å². The number of thioether (sulfide) groups is 1. The van der Waals surface area contributed by atoms with E-state index in [1.54, 1.807) is 22.6 Å². The topological polar surface area (TPSA) is 45.8 Å². The van der Waals surface area contributed by atoms with Gasteiger partial charge in [-0.05, 0) is 12.1 Å². The first-order valence-electron chi connectivity index (χ1n) is 4.01. The number of aromatic amines is 1. The molecule has 0 unspecified atom stereocenters. The summed E-state index contributed by atoms with van der Waals surface area (Å²) in [6, 6.07) is 7.82. The number of benzene rings is 1. The van der Waals surface area contributed by atoms with Crippen molar-refractivity contribution in [1.29, 1.82) is 0 Å². The first kappa shape index (κ1) is 9.97. The molecule has 0 amide bonds. The number of H-pyrrole nitrogens is 1. The van der Waals surface area contributed by atoms with Gasteiger partial charge in [0.25, 0.3) is 0 Å². The summed E-state index contributed by atoms with van der Waals surface area (Å²) >= 11 is 3.22. The predicted octanol–water partition coefficient (Wildman–Crippen LogP) is 2.62. The third kappa shape index (κ3) is 2.27. The van der Waals surface area contributed by atoms with Crippen LogP contribution in [0.1, 0.15) is 0 Å². The molecule has 0 radical (unpaired) electrons. The number of halogens is 1. The van der Waals surface area contributed by atoms with Crippen molar-refractivity contribution in [3.8, 4) is 0 Å². The molecule has 1 aromatic carbocycles. The largest absolute Gasteiger partial charge is 0.333 e. The highest BCUT2D eigenvalue weighted by atomic mass is 127. The SMILES string of the molecule is O=C(I)CSc1nc2ccccc2[nH]1. The molecule has 14 heavy (non-hydrogen) atoms. The van der Waals surface area contributed by atoms with E-state index in [0.29, 0.717) is 5.75 Å². The minimum Gasteiger partial charge on any atom is -0.333 e. The standard InChI is InChI=1S/C9H7IN2OS/c10-8(13)5-14-9-11-6-3-1-2-4-7(6)12-9/h1-4H,5H2,(H,11,12). The summed E-state index contributed by atoms with van der Waals surface area (Å²) in [6.45, 7) is 0. The number of para-hydroxylation sites is 2. The number of carbonyl (C=O) groups excluding carboxylic acids is 1. The second-order valence-electron chi connectivity index (χ2n) is 2.70. The van der Waals surface area contributed by atoms with Crippen LogP contribution in [-0.4, -0.2) is 19.5 Å². The van der Waals surface area contributed by atoms with Crippen LogP contribution in [-0.2, 0) is 4.79 Å². The highest BCUT2D eigenvalue weighted by Gasteiger charge is 2.03. The van der Waals surface area contributed by atoms with Crippen LogP contribution in [0.25, 0.3) is 11.0 Å². The van der Waals surface area contributed by atoms with E-state index in [9.17, 15) is 4.79 Å². The molecular weight excluding hydrogens is 311 g/mol. The third-order valence-corrected chi connectivity index (χ3v) is 3.46. The fraction of sp³-hybridized carbons (Fsp3) is 0.111. The zero-order valence-electron chi connectivity index (χ0n) is 7.16. The quantitative estimate of drug-likeness (QED) is 0.538. The average molecular weight is 318 g/mol. The van der Waals surface area contributed by atoms with Gasteiger partial charge in [0, 0.05) is 22.6 Å². The average Bonchev–Trinajstić information content (AvgIpc) is 2.57. The molecule has 0 saturated heterocycles. The molecule has 72 valence electrons. The highest BCUT2D eigenvalue weighted by molar-refractivity contribution is 14.1. The van der Waals surface area contributed by atoms with Crippen LogP contribution in [0, 0.1) is 0 Å². The maximum absolute atomic E-state index is 10.8. The third-order valence-electron chi connectivity index (χ3n) is 1.69. The molecule has 2 aromatic rings. The molecule has 0 spiro atoms. The summed E-state index contributed by atoms with van der Waals surface area (Å²) < 4.78 is 0.132. The summed E-state index contributed by atoms with van der Waals surface area (Å²) in [5, 5.41) is 0.802. The summed E-state index contributed by atoms with van der Waals surface area (Å²) in [7, 11) is 0. The molecule has 3 nitrogen and oxygen atoms in total. The van der Waals surface area contributed by atoms with E-state index in [2.05, 4.69) is 9.97 Å². The minimum atomic E-state index is 0.132. The molecule has 1 N–H and O–H groups in total. The molecule has 0 atom stereocenters. The van der Waals surface area contributed by atoms with Gasteiger partial charge in [0.05, 0.1) is 16.8 Å². The number of nitrogens with one attached hydrogen (secondary N) is 1. The normalized spacial score (nSPS) is 10.6. The molecule has 0 fully saturated rings. The van der Waals surface area contributed by atoms with Crippen molar-refractivity contribution in [1.82, 2.24) is 9.97 Å². The van der Waals surface area contributed by atoms with Crippen LogP contribution in [0.15, 0.2) is 29.4 Å². The Balaban J connectivity index is 2.22. The molecule has 1 aromatic heterocycles. The zero-order valence-corrected chi connectivity index (χ0v) is 10.1. The fourth-order valence-corrected chi connectivity index (χ4v) is 2.19. The molecule has 0 aliphatic rings. The summed E-state index contributed by atoms with van der Waals surface area (Å²) in [4.78, 5) is 18.2. The lowest BCUT2D eigenvalue weighted by Gasteiger charge is -1.89. The van der Waals surface area contributed by atoms with Crippen molar-refractivity contribution in [2.75, 3.05) is 5.75 Å². The Bertz CT molecular complexity index is 436. The van der Waals surface area contributed by atoms with Gasteiger partial charge in [-0.3, -0.25) is 4.79 Å². The van der Waals surface area contributed by atoms with Crippen molar-refractivity contribution < 1.29 is 4.79 Å². The van der Waals surface area contributed by atoms with Crippen LogP contribution >= 0.6 is 34.4 Å². The first-order valence-corrected chi connectivity index (χ1v) is 6.08. The van der Waals surface area contributed by atoms with Crippen molar-refractivity contribution >= 4 is 49.2 Å². The lowest BCUT2D eigenvalue weighted by molar-refractivity contribution is -0.107. The number of carbonyl (C=O) groups is 1. The lowest BCUT2D eigenvalue weighted by atomic mass is 10.3. The number of imidazole rings is 1. The maximum Gasteiger partial charge on any atom is 0.202 e. The van der Waals surface area contributed by atoms with Gasteiger partial charge in [-0.2, -0.15) is 0 Å².